The van der Waals surface area contributed by atoms with Gasteiger partial charge >= 0.3 is 0 Å². The number of nitrogens with one attached hydrogen (secondary N) is 1. The first kappa shape index (κ1) is 16.0. The number of hydrogen-bond donors (Lipinski definition) is 1. The summed E-state index contributed by atoms with van der Waals surface area (Å²) in [5.41, 5.74) is 0. The van der Waals surface area contributed by atoms with Gasteiger partial charge in [0.15, 0.2) is 0 Å². The molecule has 0 spiro atoms. The Morgan fingerprint density at radius 3 is 2.22 bits per heavy atom. The van der Waals surface area contributed by atoms with Crippen molar-refractivity contribution >= 4 is 0 Å². The maximum absolute atomic E-state index is 3.76. The van der Waals surface area contributed by atoms with E-state index >= 15 is 0 Å². The zero-order chi connectivity index (χ0) is 13.4. The van der Waals surface area contributed by atoms with Crippen molar-refractivity contribution in [2.45, 2.75) is 77.8 Å². The van der Waals surface area contributed by atoms with Crippen molar-refractivity contribution in [2.75, 3.05) is 20.1 Å². The molecule has 1 aliphatic rings. The summed E-state index contributed by atoms with van der Waals surface area (Å²) in [7, 11) is 2.27. The summed E-state index contributed by atoms with van der Waals surface area (Å²) in [5.74, 6) is 0.803. The Hall–Kier alpha value is -0.0800. The average molecular weight is 254 g/mol. The highest BCUT2D eigenvalue weighted by molar-refractivity contribution is 4.72. The molecule has 2 nitrogen and oxygen atoms in total. The summed E-state index contributed by atoms with van der Waals surface area (Å²) in [6.45, 7) is 9.32. The SMILES string of the molecule is CC(C)CC(C)N(C)CCNC1CCCCCC1. The van der Waals surface area contributed by atoms with Gasteiger partial charge in [0.25, 0.3) is 0 Å². The van der Waals surface area contributed by atoms with E-state index in [1.165, 1.54) is 51.5 Å². The first-order valence-corrected chi connectivity index (χ1v) is 8.03. The van der Waals surface area contributed by atoms with Gasteiger partial charge in [-0.15, -0.1) is 0 Å². The Balaban J connectivity index is 2.11. The minimum atomic E-state index is 0.709. The van der Waals surface area contributed by atoms with Crippen molar-refractivity contribution in [1.82, 2.24) is 10.2 Å². The zero-order valence-corrected chi connectivity index (χ0v) is 13.0. The average Bonchev–Trinajstić information content (AvgIpc) is 2.56. The molecule has 0 radical (unpaired) electrons. The van der Waals surface area contributed by atoms with Gasteiger partial charge < -0.3 is 10.2 Å². The molecule has 108 valence electrons. The Morgan fingerprint density at radius 1 is 1.06 bits per heavy atom. The lowest BCUT2D eigenvalue weighted by molar-refractivity contribution is 0.224. The minimum Gasteiger partial charge on any atom is -0.313 e. The molecule has 0 heterocycles. The van der Waals surface area contributed by atoms with Crippen LogP contribution in [0.2, 0.25) is 0 Å². The predicted molar refractivity (Wildman–Crippen MR) is 81.0 cm³/mol. The van der Waals surface area contributed by atoms with E-state index < -0.39 is 0 Å². The highest BCUT2D eigenvalue weighted by Crippen LogP contribution is 2.17. The predicted octanol–water partition coefficient (Wildman–Crippen LogP) is 3.67. The second kappa shape index (κ2) is 8.92. The molecular weight excluding hydrogens is 220 g/mol. The van der Waals surface area contributed by atoms with Crippen molar-refractivity contribution in [2.24, 2.45) is 5.92 Å². The molecule has 1 saturated carbocycles. The largest absolute Gasteiger partial charge is 0.313 e. The summed E-state index contributed by atoms with van der Waals surface area (Å²) in [4.78, 5) is 2.50. The summed E-state index contributed by atoms with van der Waals surface area (Å²) >= 11 is 0. The van der Waals surface area contributed by atoms with Gasteiger partial charge in [-0.05, 0) is 39.2 Å². The van der Waals surface area contributed by atoms with Crippen LogP contribution in [0.3, 0.4) is 0 Å². The third kappa shape index (κ3) is 6.75. The fourth-order valence-corrected chi connectivity index (χ4v) is 3.01. The van der Waals surface area contributed by atoms with Crippen LogP contribution < -0.4 is 5.32 Å². The smallest absolute Gasteiger partial charge is 0.0107 e. The maximum Gasteiger partial charge on any atom is 0.0107 e. The number of rotatable bonds is 7. The van der Waals surface area contributed by atoms with E-state index in [1.807, 2.05) is 0 Å². The van der Waals surface area contributed by atoms with Crippen molar-refractivity contribution in [3.63, 3.8) is 0 Å². The Kier molecular flexibility index (Phi) is 7.92. The van der Waals surface area contributed by atoms with E-state index in [0.29, 0.717) is 6.04 Å². The quantitative estimate of drug-likeness (QED) is 0.697. The monoisotopic (exact) mass is 254 g/mol. The fourth-order valence-electron chi connectivity index (χ4n) is 3.01. The van der Waals surface area contributed by atoms with E-state index in [-0.39, 0.29) is 0 Å². The third-order valence-electron chi connectivity index (χ3n) is 4.32. The molecule has 1 fully saturated rings. The van der Waals surface area contributed by atoms with E-state index in [0.717, 1.165) is 18.5 Å². The molecule has 2 heteroatoms. The van der Waals surface area contributed by atoms with Crippen LogP contribution in [0.1, 0.15) is 65.7 Å². The Labute approximate surface area is 115 Å². The Morgan fingerprint density at radius 2 is 1.67 bits per heavy atom. The lowest BCUT2D eigenvalue weighted by Gasteiger charge is -2.27. The number of likely N-dealkylation sites (N-methyl/N-ethyl adjacent to an activating group) is 1. The molecular formula is C16H34N2. The first-order chi connectivity index (χ1) is 8.59. The van der Waals surface area contributed by atoms with Crippen LogP contribution in [0, 0.1) is 5.92 Å². The zero-order valence-electron chi connectivity index (χ0n) is 13.0. The maximum atomic E-state index is 3.76. The fraction of sp³-hybridized carbons (Fsp3) is 1.00. The lowest BCUT2D eigenvalue weighted by atomic mass is 10.0. The van der Waals surface area contributed by atoms with E-state index in [9.17, 15) is 0 Å². The molecule has 1 N–H and O–H groups in total. The molecule has 1 aliphatic carbocycles. The molecule has 0 aromatic carbocycles. The highest BCUT2D eigenvalue weighted by atomic mass is 15.1. The second-order valence-electron chi connectivity index (χ2n) is 6.60. The van der Waals surface area contributed by atoms with Gasteiger partial charge in [-0.3, -0.25) is 0 Å². The minimum absolute atomic E-state index is 0.709. The highest BCUT2D eigenvalue weighted by Gasteiger charge is 2.13. The van der Waals surface area contributed by atoms with Gasteiger partial charge in [0.05, 0.1) is 0 Å². The topological polar surface area (TPSA) is 15.3 Å². The first-order valence-electron chi connectivity index (χ1n) is 8.03. The van der Waals surface area contributed by atoms with Crippen LogP contribution in [0.25, 0.3) is 0 Å². The molecule has 0 aromatic rings. The molecule has 1 atom stereocenters. The van der Waals surface area contributed by atoms with E-state index in [2.05, 4.69) is 38.0 Å². The van der Waals surface area contributed by atoms with Gasteiger partial charge in [-0.25, -0.2) is 0 Å². The molecule has 1 unspecified atom stereocenters. The van der Waals surface area contributed by atoms with E-state index in [4.69, 9.17) is 0 Å². The van der Waals surface area contributed by atoms with Gasteiger partial charge in [-0.2, -0.15) is 0 Å². The second-order valence-corrected chi connectivity index (χ2v) is 6.60. The van der Waals surface area contributed by atoms with E-state index in [1.54, 1.807) is 0 Å². The van der Waals surface area contributed by atoms with Gasteiger partial charge in [0.1, 0.15) is 0 Å². The molecule has 1 rings (SSSR count). The van der Waals surface area contributed by atoms with Crippen molar-refractivity contribution in [3.05, 3.63) is 0 Å². The van der Waals surface area contributed by atoms with Crippen LogP contribution in [0.15, 0.2) is 0 Å². The van der Waals surface area contributed by atoms with Gasteiger partial charge in [-0.1, -0.05) is 39.5 Å². The lowest BCUT2D eigenvalue weighted by Crippen LogP contribution is -2.39. The standard InChI is InChI=1S/C16H34N2/c1-14(2)13-15(3)18(4)12-11-17-16-9-7-5-6-8-10-16/h14-17H,5-13H2,1-4H3. The Bertz CT molecular complexity index is 195. The summed E-state index contributed by atoms with van der Waals surface area (Å²) in [6, 6.07) is 1.50. The molecule has 0 aliphatic heterocycles. The third-order valence-corrected chi connectivity index (χ3v) is 4.32. The van der Waals surface area contributed by atoms with Crippen molar-refractivity contribution in [3.8, 4) is 0 Å². The van der Waals surface area contributed by atoms with Gasteiger partial charge in [0.2, 0.25) is 0 Å². The normalized spacial score (nSPS) is 20.3. The summed E-state index contributed by atoms with van der Waals surface area (Å²) < 4.78 is 0. The number of hydrogen-bond acceptors (Lipinski definition) is 2. The van der Waals surface area contributed by atoms with Gasteiger partial charge in [0, 0.05) is 25.2 Å². The molecule has 0 saturated heterocycles. The molecule has 0 aromatic heterocycles. The van der Waals surface area contributed by atoms with Crippen molar-refractivity contribution < 1.29 is 0 Å². The summed E-state index contributed by atoms with van der Waals surface area (Å²) in [6.07, 6.45) is 9.85. The van der Waals surface area contributed by atoms with Crippen LogP contribution in [-0.2, 0) is 0 Å². The van der Waals surface area contributed by atoms with Crippen LogP contribution in [0.5, 0.6) is 0 Å². The van der Waals surface area contributed by atoms with Crippen molar-refractivity contribution in [1.29, 1.82) is 0 Å². The van der Waals surface area contributed by atoms with Crippen LogP contribution >= 0.6 is 0 Å². The van der Waals surface area contributed by atoms with Crippen LogP contribution in [0.4, 0.5) is 0 Å². The molecule has 18 heavy (non-hydrogen) atoms. The molecule has 0 bridgehead atoms. The van der Waals surface area contributed by atoms with Crippen LogP contribution in [-0.4, -0.2) is 37.1 Å². The number of nitrogens with zero attached hydrogens (tertiary/aromatic N) is 1. The molecule has 0 amide bonds. The summed E-state index contributed by atoms with van der Waals surface area (Å²) in [5, 5.41) is 3.76.